The first kappa shape index (κ1) is 19.7. The van der Waals surface area contributed by atoms with E-state index in [9.17, 15) is 9.59 Å². The third-order valence-electron chi connectivity index (χ3n) is 5.42. The molecule has 2 aromatic rings. The molecule has 0 bridgehead atoms. The fourth-order valence-electron chi connectivity index (χ4n) is 3.43. The van der Waals surface area contributed by atoms with Crippen LogP contribution < -0.4 is 10.5 Å². The van der Waals surface area contributed by atoms with Gasteiger partial charge in [-0.15, -0.1) is 0 Å². The first-order valence-electron chi connectivity index (χ1n) is 9.59. The fraction of sp³-hybridized carbons (Fsp3) is 0.476. The molecule has 146 valence electrons. The Morgan fingerprint density at radius 1 is 1.25 bits per heavy atom. The van der Waals surface area contributed by atoms with Crippen molar-refractivity contribution < 1.29 is 4.79 Å². The Hall–Kier alpha value is -3.01. The van der Waals surface area contributed by atoms with E-state index in [4.69, 9.17) is 5.26 Å². The molecule has 0 atom stereocenters. The summed E-state index contributed by atoms with van der Waals surface area (Å²) in [5.41, 5.74) is 2.32. The molecule has 0 saturated carbocycles. The van der Waals surface area contributed by atoms with Crippen LogP contribution in [0.1, 0.15) is 42.1 Å². The van der Waals surface area contributed by atoms with Gasteiger partial charge in [0.2, 0.25) is 0 Å². The van der Waals surface area contributed by atoms with Crippen LogP contribution in [0.4, 0.5) is 5.82 Å². The number of anilines is 1. The van der Waals surface area contributed by atoms with E-state index >= 15 is 0 Å². The Kier molecular flexibility index (Phi) is 5.88. The normalized spacial score (nSPS) is 14.7. The molecule has 0 unspecified atom stereocenters. The average molecular weight is 379 g/mol. The summed E-state index contributed by atoms with van der Waals surface area (Å²) in [5.74, 6) is 1.38. The van der Waals surface area contributed by atoms with Gasteiger partial charge in [0.25, 0.3) is 5.56 Å². The van der Waals surface area contributed by atoms with Gasteiger partial charge in [0, 0.05) is 36.8 Å². The van der Waals surface area contributed by atoms with Crippen molar-refractivity contribution in [1.29, 1.82) is 5.26 Å². The van der Waals surface area contributed by atoms with E-state index < -0.39 is 0 Å². The lowest BCUT2D eigenvalue weighted by Gasteiger charge is -2.32. The maximum absolute atomic E-state index is 12.6. The molecule has 28 heavy (non-hydrogen) atoms. The fourth-order valence-corrected chi connectivity index (χ4v) is 3.43. The van der Waals surface area contributed by atoms with Crippen molar-refractivity contribution in [3.63, 3.8) is 0 Å². The van der Waals surface area contributed by atoms with Gasteiger partial charge in [0.1, 0.15) is 18.3 Å². The van der Waals surface area contributed by atoms with E-state index in [1.54, 1.807) is 19.1 Å². The Bertz CT molecular complexity index is 964. The zero-order valence-corrected chi connectivity index (χ0v) is 16.6. The zero-order valence-electron chi connectivity index (χ0n) is 16.6. The van der Waals surface area contributed by atoms with Crippen LogP contribution in [0.3, 0.4) is 0 Å². The maximum atomic E-state index is 12.6. The van der Waals surface area contributed by atoms with Crippen molar-refractivity contribution >= 4 is 11.6 Å². The van der Waals surface area contributed by atoms with Crippen molar-refractivity contribution in [2.75, 3.05) is 18.0 Å². The Balaban J connectivity index is 1.79. The predicted molar refractivity (Wildman–Crippen MR) is 106 cm³/mol. The van der Waals surface area contributed by atoms with E-state index in [0.29, 0.717) is 22.7 Å². The van der Waals surface area contributed by atoms with Crippen molar-refractivity contribution in [1.82, 2.24) is 14.8 Å². The molecule has 1 aliphatic heterocycles. The van der Waals surface area contributed by atoms with Crippen LogP contribution in [0.2, 0.25) is 0 Å². The minimum atomic E-state index is -0.224. The molecule has 0 aromatic carbocycles. The number of Topliss-reactive ketones (excluding diaryl/α,β-unsaturated/α-hetero) is 1. The summed E-state index contributed by atoms with van der Waals surface area (Å²) in [4.78, 5) is 31.3. The number of nitrogens with zero attached hydrogens (tertiary/aromatic N) is 5. The van der Waals surface area contributed by atoms with Gasteiger partial charge < -0.3 is 4.90 Å². The Morgan fingerprint density at radius 2 is 1.96 bits per heavy atom. The van der Waals surface area contributed by atoms with Gasteiger partial charge in [0.05, 0.1) is 0 Å². The molecule has 0 N–H and O–H groups in total. The van der Waals surface area contributed by atoms with E-state index in [2.05, 4.69) is 21.9 Å². The highest BCUT2D eigenvalue weighted by atomic mass is 16.1. The standard InChI is InChI=1S/C21H25N5O2/c1-14-6-8-25(9-7-14)20-15(2)16(3)21(28)26(24-20)13-19(27)10-17-4-5-18(11-22)23-12-17/h4-5,12,14H,6-10,13H2,1-3H3. The molecule has 7 heteroatoms. The van der Waals surface area contributed by atoms with E-state index in [1.807, 2.05) is 13.0 Å². The minimum Gasteiger partial charge on any atom is -0.355 e. The summed E-state index contributed by atoms with van der Waals surface area (Å²) < 4.78 is 1.29. The van der Waals surface area contributed by atoms with Gasteiger partial charge in [-0.05, 0) is 44.2 Å². The largest absolute Gasteiger partial charge is 0.355 e. The highest BCUT2D eigenvalue weighted by Gasteiger charge is 2.22. The Morgan fingerprint density at radius 3 is 2.57 bits per heavy atom. The minimum absolute atomic E-state index is 0.0722. The predicted octanol–water partition coefficient (Wildman–Crippen LogP) is 2.17. The maximum Gasteiger partial charge on any atom is 0.270 e. The molecule has 3 heterocycles. The topological polar surface area (TPSA) is 91.9 Å². The lowest BCUT2D eigenvalue weighted by molar-refractivity contribution is -0.119. The molecule has 0 spiro atoms. The molecule has 0 aliphatic carbocycles. The average Bonchev–Trinajstić information content (AvgIpc) is 2.70. The van der Waals surface area contributed by atoms with Crippen LogP contribution >= 0.6 is 0 Å². The molecule has 1 saturated heterocycles. The van der Waals surface area contributed by atoms with Crippen LogP contribution in [0, 0.1) is 31.1 Å². The quantitative estimate of drug-likeness (QED) is 0.791. The van der Waals surface area contributed by atoms with Gasteiger partial charge >= 0.3 is 0 Å². The van der Waals surface area contributed by atoms with Crippen molar-refractivity contribution in [2.45, 2.75) is 46.6 Å². The molecular formula is C21H25N5O2. The molecule has 7 nitrogen and oxygen atoms in total. The first-order chi connectivity index (χ1) is 13.4. The van der Waals surface area contributed by atoms with Crippen LogP contribution in [0.15, 0.2) is 23.1 Å². The van der Waals surface area contributed by atoms with Gasteiger partial charge in [-0.1, -0.05) is 13.0 Å². The molecule has 0 radical (unpaired) electrons. The number of carbonyl (C=O) groups excluding carboxylic acids is 1. The van der Waals surface area contributed by atoms with Crippen LogP contribution in [0.5, 0.6) is 0 Å². The van der Waals surface area contributed by atoms with Crippen LogP contribution in [-0.4, -0.2) is 33.6 Å². The lowest BCUT2D eigenvalue weighted by Crippen LogP contribution is -2.38. The van der Waals surface area contributed by atoms with E-state index in [1.165, 1.54) is 10.9 Å². The van der Waals surface area contributed by atoms with Crippen LogP contribution in [0.25, 0.3) is 0 Å². The van der Waals surface area contributed by atoms with Gasteiger partial charge in [0.15, 0.2) is 11.6 Å². The molecular weight excluding hydrogens is 354 g/mol. The van der Waals surface area contributed by atoms with Crippen LogP contribution in [-0.2, 0) is 17.8 Å². The summed E-state index contributed by atoms with van der Waals surface area (Å²) >= 11 is 0. The third kappa shape index (κ3) is 4.28. The second-order valence-corrected chi connectivity index (χ2v) is 7.58. The number of aromatic nitrogens is 3. The number of nitriles is 1. The van der Waals surface area contributed by atoms with E-state index in [-0.39, 0.29) is 24.3 Å². The van der Waals surface area contributed by atoms with Gasteiger partial charge in [-0.3, -0.25) is 9.59 Å². The third-order valence-corrected chi connectivity index (χ3v) is 5.42. The Labute approximate surface area is 164 Å². The number of hydrogen-bond acceptors (Lipinski definition) is 6. The lowest BCUT2D eigenvalue weighted by atomic mass is 9.99. The van der Waals surface area contributed by atoms with E-state index in [0.717, 1.165) is 37.3 Å². The number of ketones is 1. The molecule has 1 fully saturated rings. The summed E-state index contributed by atoms with van der Waals surface area (Å²) in [5, 5.41) is 13.3. The number of rotatable bonds is 5. The monoisotopic (exact) mass is 379 g/mol. The van der Waals surface area contributed by atoms with Gasteiger partial charge in [-0.2, -0.15) is 10.4 Å². The highest BCUT2D eigenvalue weighted by Crippen LogP contribution is 2.24. The van der Waals surface area contributed by atoms with Gasteiger partial charge in [-0.25, -0.2) is 9.67 Å². The zero-order chi connectivity index (χ0) is 20.3. The molecule has 0 amide bonds. The first-order valence-corrected chi connectivity index (χ1v) is 9.59. The smallest absolute Gasteiger partial charge is 0.270 e. The van der Waals surface area contributed by atoms with Crippen molar-refractivity contribution in [3.05, 3.63) is 51.1 Å². The second kappa shape index (κ2) is 8.34. The summed E-state index contributed by atoms with van der Waals surface area (Å²) in [6, 6.07) is 5.24. The number of carbonyl (C=O) groups is 1. The highest BCUT2D eigenvalue weighted by molar-refractivity contribution is 5.80. The SMILES string of the molecule is Cc1c(N2CCC(C)CC2)nn(CC(=O)Cc2ccc(C#N)nc2)c(=O)c1C. The number of piperidine rings is 1. The van der Waals surface area contributed by atoms with Crippen molar-refractivity contribution in [3.8, 4) is 6.07 Å². The summed E-state index contributed by atoms with van der Waals surface area (Å²) in [6.07, 6.45) is 3.87. The number of hydrogen-bond donors (Lipinski definition) is 0. The summed E-state index contributed by atoms with van der Waals surface area (Å²) in [7, 11) is 0. The van der Waals surface area contributed by atoms with Crippen molar-refractivity contribution in [2.24, 2.45) is 5.92 Å². The molecule has 1 aliphatic rings. The number of pyridine rings is 1. The summed E-state index contributed by atoms with van der Waals surface area (Å²) in [6.45, 7) is 7.72. The molecule has 3 rings (SSSR count). The molecule has 2 aromatic heterocycles. The second-order valence-electron chi connectivity index (χ2n) is 7.58.